The summed E-state index contributed by atoms with van der Waals surface area (Å²) in [7, 11) is 1.61. The second-order valence-corrected chi connectivity index (χ2v) is 4.45. The Labute approximate surface area is 112 Å². The summed E-state index contributed by atoms with van der Waals surface area (Å²) in [5.74, 6) is 0.624. The van der Waals surface area contributed by atoms with Crippen molar-refractivity contribution in [3.8, 4) is 5.69 Å². The van der Waals surface area contributed by atoms with Crippen LogP contribution in [0, 0.1) is 6.92 Å². The Hall–Kier alpha value is -1.69. The molecule has 0 fully saturated rings. The first kappa shape index (κ1) is 12.8. The first-order valence-corrected chi connectivity index (χ1v) is 6.49. The van der Waals surface area contributed by atoms with Crippen molar-refractivity contribution in [2.75, 3.05) is 5.33 Å². The van der Waals surface area contributed by atoms with Gasteiger partial charge in [0.25, 0.3) is 0 Å². The number of benzene rings is 1. The lowest BCUT2D eigenvalue weighted by Crippen LogP contribution is -2.21. The molecule has 6 heteroatoms. The molecule has 94 valence electrons. The van der Waals surface area contributed by atoms with Crippen LogP contribution in [0.2, 0.25) is 0 Å². The molecule has 0 aliphatic carbocycles. The third kappa shape index (κ3) is 2.15. The maximum Gasteiger partial charge on any atom is 0.350 e. The van der Waals surface area contributed by atoms with Crippen LogP contribution in [0.15, 0.2) is 29.1 Å². The van der Waals surface area contributed by atoms with Gasteiger partial charge in [0.1, 0.15) is 5.82 Å². The fourth-order valence-corrected chi connectivity index (χ4v) is 2.08. The number of ketones is 1. The molecule has 0 atom stereocenters. The molecule has 0 spiro atoms. The van der Waals surface area contributed by atoms with E-state index in [4.69, 9.17) is 0 Å². The van der Waals surface area contributed by atoms with Crippen molar-refractivity contribution in [3.05, 3.63) is 46.1 Å². The number of halogens is 1. The van der Waals surface area contributed by atoms with Gasteiger partial charge in [0.05, 0.1) is 11.0 Å². The normalized spacial score (nSPS) is 10.6. The molecule has 0 amide bonds. The van der Waals surface area contributed by atoms with Crippen molar-refractivity contribution in [1.82, 2.24) is 14.3 Å². The van der Waals surface area contributed by atoms with Gasteiger partial charge in [0.15, 0.2) is 5.78 Å². The molecule has 0 radical (unpaired) electrons. The van der Waals surface area contributed by atoms with E-state index in [9.17, 15) is 9.59 Å². The van der Waals surface area contributed by atoms with Crippen LogP contribution in [-0.2, 0) is 7.05 Å². The van der Waals surface area contributed by atoms with Gasteiger partial charge in [-0.15, -0.1) is 0 Å². The monoisotopic (exact) mass is 309 g/mol. The third-order valence-electron chi connectivity index (χ3n) is 2.66. The number of rotatable bonds is 3. The van der Waals surface area contributed by atoms with E-state index >= 15 is 0 Å². The van der Waals surface area contributed by atoms with E-state index < -0.39 is 0 Å². The van der Waals surface area contributed by atoms with Gasteiger partial charge in [0, 0.05) is 12.6 Å². The quantitative estimate of drug-likeness (QED) is 0.637. The summed E-state index contributed by atoms with van der Waals surface area (Å²) in [6.07, 6.45) is 0. The molecule has 0 aliphatic rings. The number of alkyl halides is 1. The summed E-state index contributed by atoms with van der Waals surface area (Å²) in [5.41, 5.74) is 1.12. The van der Waals surface area contributed by atoms with E-state index in [2.05, 4.69) is 21.0 Å². The van der Waals surface area contributed by atoms with E-state index in [1.165, 1.54) is 9.25 Å². The number of hydrogen-bond donors (Lipinski definition) is 0. The maximum absolute atomic E-state index is 11.9. The number of hydrogen-bond acceptors (Lipinski definition) is 3. The molecule has 2 rings (SSSR count). The van der Waals surface area contributed by atoms with Crippen LogP contribution >= 0.6 is 15.9 Å². The van der Waals surface area contributed by atoms with E-state index in [1.54, 1.807) is 38.2 Å². The SMILES string of the molecule is Cc1nn(C)c(=O)n1-c1ccc(C(=O)CBr)cc1. The molecule has 18 heavy (non-hydrogen) atoms. The predicted molar refractivity (Wildman–Crippen MR) is 71.7 cm³/mol. The Morgan fingerprint density at radius 2 is 1.94 bits per heavy atom. The number of carbonyl (C=O) groups is 1. The van der Waals surface area contributed by atoms with Crippen molar-refractivity contribution in [2.45, 2.75) is 6.92 Å². The molecular weight excluding hydrogens is 298 g/mol. The van der Waals surface area contributed by atoms with Crippen LogP contribution in [0.5, 0.6) is 0 Å². The zero-order valence-electron chi connectivity index (χ0n) is 10.1. The maximum atomic E-state index is 11.9. The zero-order chi connectivity index (χ0) is 13.3. The lowest BCUT2D eigenvalue weighted by molar-refractivity contribution is 0.102. The van der Waals surface area contributed by atoms with Crippen molar-refractivity contribution in [3.63, 3.8) is 0 Å². The molecule has 0 bridgehead atoms. The zero-order valence-corrected chi connectivity index (χ0v) is 11.6. The van der Waals surface area contributed by atoms with Crippen molar-refractivity contribution >= 4 is 21.7 Å². The Morgan fingerprint density at radius 3 is 2.39 bits per heavy atom. The van der Waals surface area contributed by atoms with E-state index in [0.29, 0.717) is 17.1 Å². The standard InChI is InChI=1S/C12H12BrN3O2/c1-8-14-15(2)12(18)16(8)10-5-3-9(4-6-10)11(17)7-13/h3-6H,7H2,1-2H3. The van der Waals surface area contributed by atoms with Crippen molar-refractivity contribution in [1.29, 1.82) is 0 Å². The van der Waals surface area contributed by atoms with E-state index in [-0.39, 0.29) is 16.8 Å². The number of nitrogens with zero attached hydrogens (tertiary/aromatic N) is 3. The van der Waals surface area contributed by atoms with Crippen LogP contribution in [-0.4, -0.2) is 25.5 Å². The highest BCUT2D eigenvalue weighted by atomic mass is 79.9. The third-order valence-corrected chi connectivity index (χ3v) is 3.16. The topological polar surface area (TPSA) is 56.9 Å². The van der Waals surface area contributed by atoms with Gasteiger partial charge in [-0.25, -0.2) is 14.0 Å². The van der Waals surface area contributed by atoms with Gasteiger partial charge in [-0.05, 0) is 31.2 Å². The highest BCUT2D eigenvalue weighted by Crippen LogP contribution is 2.10. The van der Waals surface area contributed by atoms with Crippen molar-refractivity contribution in [2.24, 2.45) is 7.05 Å². The van der Waals surface area contributed by atoms with Crippen LogP contribution in [0.1, 0.15) is 16.2 Å². The Morgan fingerprint density at radius 1 is 1.33 bits per heavy atom. The lowest BCUT2D eigenvalue weighted by Gasteiger charge is -2.03. The predicted octanol–water partition coefficient (Wildman–Crippen LogP) is 1.46. The Bertz CT molecular complexity index is 640. The van der Waals surface area contributed by atoms with E-state index in [0.717, 1.165) is 0 Å². The minimum absolute atomic E-state index is 0.0109. The molecule has 1 aromatic carbocycles. The van der Waals surface area contributed by atoms with Gasteiger partial charge in [-0.3, -0.25) is 4.79 Å². The fraction of sp³-hybridized carbons (Fsp3) is 0.250. The molecule has 1 aromatic heterocycles. The molecule has 0 N–H and O–H groups in total. The van der Waals surface area contributed by atoms with Crippen LogP contribution in [0.4, 0.5) is 0 Å². The van der Waals surface area contributed by atoms with Gasteiger partial charge in [-0.2, -0.15) is 5.10 Å². The summed E-state index contributed by atoms with van der Waals surface area (Å²) in [5, 5.41) is 4.34. The summed E-state index contributed by atoms with van der Waals surface area (Å²) in [6.45, 7) is 1.76. The molecule has 0 saturated carbocycles. The van der Waals surface area contributed by atoms with Crippen molar-refractivity contribution < 1.29 is 4.79 Å². The molecular formula is C12H12BrN3O2. The summed E-state index contributed by atoms with van der Waals surface area (Å²) in [4.78, 5) is 23.3. The van der Waals surface area contributed by atoms with Crippen LogP contribution in [0.25, 0.3) is 5.69 Å². The summed E-state index contributed by atoms with van der Waals surface area (Å²) in [6, 6.07) is 6.90. The molecule has 0 aliphatic heterocycles. The van der Waals surface area contributed by atoms with E-state index in [1.807, 2.05) is 0 Å². The highest BCUT2D eigenvalue weighted by molar-refractivity contribution is 9.09. The molecule has 0 unspecified atom stereocenters. The highest BCUT2D eigenvalue weighted by Gasteiger charge is 2.10. The summed E-state index contributed by atoms with van der Waals surface area (Å²) < 4.78 is 2.79. The summed E-state index contributed by atoms with van der Waals surface area (Å²) >= 11 is 3.12. The number of aromatic nitrogens is 3. The largest absolute Gasteiger partial charge is 0.350 e. The van der Waals surface area contributed by atoms with Crippen LogP contribution in [0.3, 0.4) is 0 Å². The van der Waals surface area contributed by atoms with Gasteiger partial charge < -0.3 is 0 Å². The molecule has 5 nitrogen and oxygen atoms in total. The number of carbonyl (C=O) groups excluding carboxylic acids is 1. The Kier molecular flexibility index (Phi) is 3.47. The number of Topliss-reactive ketones (excluding diaryl/α,β-unsaturated/α-hetero) is 1. The molecule has 2 aromatic rings. The average Bonchev–Trinajstić information content (AvgIpc) is 2.63. The lowest BCUT2D eigenvalue weighted by atomic mass is 10.1. The van der Waals surface area contributed by atoms with Gasteiger partial charge in [-0.1, -0.05) is 15.9 Å². The molecule has 1 heterocycles. The number of aryl methyl sites for hydroxylation is 2. The van der Waals surface area contributed by atoms with Crippen LogP contribution < -0.4 is 5.69 Å². The smallest absolute Gasteiger partial charge is 0.293 e. The first-order chi connectivity index (χ1) is 8.54. The second-order valence-electron chi connectivity index (χ2n) is 3.89. The Balaban J connectivity index is 2.47. The van der Waals surface area contributed by atoms with Gasteiger partial charge in [0.2, 0.25) is 0 Å². The van der Waals surface area contributed by atoms with Gasteiger partial charge >= 0.3 is 5.69 Å². The molecule has 0 saturated heterocycles. The minimum Gasteiger partial charge on any atom is -0.293 e. The average molecular weight is 310 g/mol. The second kappa shape index (κ2) is 4.89. The fourth-order valence-electron chi connectivity index (χ4n) is 1.76. The minimum atomic E-state index is -0.202. The first-order valence-electron chi connectivity index (χ1n) is 5.37.